The number of benzene rings is 2. The molecule has 0 atom stereocenters. The smallest absolute Gasteiger partial charge is 0.254 e. The Morgan fingerprint density at radius 3 is 2.14 bits per heavy atom. The number of nitrogens with one attached hydrogen (secondary N) is 2. The normalized spacial score (nSPS) is 10.4. The van der Waals surface area contributed by atoms with Gasteiger partial charge in [0, 0.05) is 31.5 Å². The fourth-order valence-electron chi connectivity index (χ4n) is 2.37. The maximum Gasteiger partial charge on any atom is 0.254 e. The summed E-state index contributed by atoms with van der Waals surface area (Å²) >= 11 is 0. The van der Waals surface area contributed by atoms with Crippen molar-refractivity contribution >= 4 is 17.6 Å². The minimum atomic E-state index is -1.72. The van der Waals surface area contributed by atoms with E-state index in [-0.39, 0.29) is 37.6 Å². The third kappa shape index (κ3) is 5.67. The van der Waals surface area contributed by atoms with Crippen molar-refractivity contribution in [2.24, 2.45) is 0 Å². The van der Waals surface area contributed by atoms with Gasteiger partial charge in [-0.05, 0) is 19.1 Å². The number of rotatable bonds is 8. The van der Waals surface area contributed by atoms with Crippen LogP contribution in [0.2, 0.25) is 0 Å². The van der Waals surface area contributed by atoms with Gasteiger partial charge in [-0.1, -0.05) is 29.8 Å². The van der Waals surface area contributed by atoms with Crippen molar-refractivity contribution in [2.75, 3.05) is 13.1 Å². The number of hydrogen-bond donors (Lipinski definition) is 2. The van der Waals surface area contributed by atoms with E-state index in [9.17, 15) is 27.6 Å². The summed E-state index contributed by atoms with van der Waals surface area (Å²) in [6.45, 7) is 1.89. The van der Waals surface area contributed by atoms with Crippen LogP contribution in [0.3, 0.4) is 0 Å². The highest BCUT2D eigenvalue weighted by molar-refractivity contribution is 5.98. The van der Waals surface area contributed by atoms with Gasteiger partial charge < -0.3 is 10.6 Å². The number of hydrogen-bond acceptors (Lipinski definition) is 3. The fourth-order valence-corrected chi connectivity index (χ4v) is 2.37. The first-order chi connectivity index (χ1) is 13.3. The molecule has 2 aromatic rings. The van der Waals surface area contributed by atoms with E-state index in [2.05, 4.69) is 10.6 Å². The van der Waals surface area contributed by atoms with Gasteiger partial charge in [-0.15, -0.1) is 0 Å². The number of ketones is 1. The number of amides is 2. The van der Waals surface area contributed by atoms with Crippen molar-refractivity contribution in [1.82, 2.24) is 10.6 Å². The van der Waals surface area contributed by atoms with Crippen molar-refractivity contribution in [2.45, 2.75) is 19.8 Å². The Kier molecular flexibility index (Phi) is 7.31. The van der Waals surface area contributed by atoms with Crippen molar-refractivity contribution in [3.63, 3.8) is 0 Å². The molecule has 2 aromatic carbocycles. The SMILES string of the molecule is Cc1ccc(C(=O)CCC(=O)NCCNC(=O)c2ccc(F)c(F)c2F)cc1. The summed E-state index contributed by atoms with van der Waals surface area (Å²) in [5, 5.41) is 4.79. The van der Waals surface area contributed by atoms with Crippen LogP contribution in [0, 0.1) is 24.4 Å². The zero-order chi connectivity index (χ0) is 20.7. The molecule has 0 saturated heterocycles. The molecule has 148 valence electrons. The van der Waals surface area contributed by atoms with Crippen LogP contribution in [0.25, 0.3) is 0 Å². The van der Waals surface area contributed by atoms with Crippen LogP contribution in [-0.2, 0) is 4.79 Å². The standard InChI is InChI=1S/C20H19F3N2O3/c1-12-2-4-13(5-3-12)16(26)8-9-17(27)24-10-11-25-20(28)14-6-7-15(21)19(23)18(14)22/h2-7H,8-11H2,1H3,(H,24,27)(H,25,28). The zero-order valence-electron chi connectivity index (χ0n) is 15.2. The molecular formula is C20H19F3N2O3. The van der Waals surface area contributed by atoms with E-state index >= 15 is 0 Å². The molecule has 2 N–H and O–H groups in total. The maximum atomic E-state index is 13.5. The lowest BCUT2D eigenvalue weighted by atomic mass is 10.1. The average Bonchev–Trinajstić information content (AvgIpc) is 2.68. The highest BCUT2D eigenvalue weighted by atomic mass is 19.2. The first kappa shape index (κ1) is 21.1. The van der Waals surface area contributed by atoms with E-state index in [4.69, 9.17) is 0 Å². The number of Topliss-reactive ketones (excluding diaryl/α,β-unsaturated/α-hetero) is 1. The van der Waals surface area contributed by atoms with E-state index in [1.165, 1.54) is 0 Å². The van der Waals surface area contributed by atoms with Crippen molar-refractivity contribution in [3.05, 3.63) is 70.5 Å². The van der Waals surface area contributed by atoms with Gasteiger partial charge in [0.25, 0.3) is 5.91 Å². The van der Waals surface area contributed by atoms with Crippen LogP contribution in [0.15, 0.2) is 36.4 Å². The molecule has 5 nitrogen and oxygen atoms in total. The van der Waals surface area contributed by atoms with E-state index in [0.29, 0.717) is 11.6 Å². The summed E-state index contributed by atoms with van der Waals surface area (Å²) in [6.07, 6.45) is 0.0276. The molecule has 0 aliphatic carbocycles. The Hall–Kier alpha value is -3.16. The summed E-state index contributed by atoms with van der Waals surface area (Å²) in [7, 11) is 0. The van der Waals surface area contributed by atoms with Crippen molar-refractivity contribution < 1.29 is 27.6 Å². The van der Waals surface area contributed by atoms with Gasteiger partial charge >= 0.3 is 0 Å². The molecule has 28 heavy (non-hydrogen) atoms. The van der Waals surface area contributed by atoms with Gasteiger partial charge in [-0.3, -0.25) is 14.4 Å². The molecule has 0 aliphatic rings. The lowest BCUT2D eigenvalue weighted by Gasteiger charge is -2.08. The summed E-state index contributed by atoms with van der Waals surface area (Å²) in [4.78, 5) is 35.5. The summed E-state index contributed by atoms with van der Waals surface area (Å²) in [6, 6.07) is 8.50. The monoisotopic (exact) mass is 392 g/mol. The second kappa shape index (κ2) is 9.68. The van der Waals surface area contributed by atoms with Crippen LogP contribution in [0.1, 0.15) is 39.1 Å². The Balaban J connectivity index is 1.71. The van der Waals surface area contributed by atoms with Gasteiger partial charge in [0.1, 0.15) is 0 Å². The molecule has 2 rings (SSSR count). The zero-order valence-corrected chi connectivity index (χ0v) is 15.2. The van der Waals surface area contributed by atoms with E-state index in [1.807, 2.05) is 19.1 Å². The van der Waals surface area contributed by atoms with Crippen LogP contribution in [0.4, 0.5) is 13.2 Å². The summed E-state index contributed by atoms with van der Waals surface area (Å²) in [5.41, 5.74) is 0.924. The minimum absolute atomic E-state index is 0.0154. The largest absolute Gasteiger partial charge is 0.354 e. The molecular weight excluding hydrogens is 373 g/mol. The third-order valence-corrected chi connectivity index (χ3v) is 3.97. The Morgan fingerprint density at radius 1 is 0.821 bits per heavy atom. The van der Waals surface area contributed by atoms with E-state index in [1.54, 1.807) is 12.1 Å². The highest BCUT2D eigenvalue weighted by Gasteiger charge is 2.18. The topological polar surface area (TPSA) is 75.3 Å². The molecule has 0 unspecified atom stereocenters. The van der Waals surface area contributed by atoms with Crippen molar-refractivity contribution in [1.29, 1.82) is 0 Å². The fraction of sp³-hybridized carbons (Fsp3) is 0.250. The maximum absolute atomic E-state index is 13.5. The van der Waals surface area contributed by atoms with Crippen LogP contribution in [0.5, 0.6) is 0 Å². The second-order valence-corrected chi connectivity index (χ2v) is 6.12. The Bertz CT molecular complexity index is 883. The average molecular weight is 392 g/mol. The van der Waals surface area contributed by atoms with Gasteiger partial charge in [0.05, 0.1) is 5.56 Å². The first-order valence-electron chi connectivity index (χ1n) is 8.58. The Morgan fingerprint density at radius 2 is 1.46 bits per heavy atom. The summed E-state index contributed by atoms with van der Waals surface area (Å²) in [5.74, 6) is -6.15. The quantitative estimate of drug-likeness (QED) is 0.412. The Labute approximate surface area is 159 Å². The van der Waals surface area contributed by atoms with Gasteiger partial charge in [-0.25, -0.2) is 13.2 Å². The molecule has 0 radical (unpaired) electrons. The molecule has 2 amide bonds. The van der Waals surface area contributed by atoms with Gasteiger partial charge in [0.15, 0.2) is 23.2 Å². The third-order valence-electron chi connectivity index (χ3n) is 3.97. The minimum Gasteiger partial charge on any atom is -0.354 e. The molecule has 0 aromatic heterocycles. The number of aryl methyl sites for hydroxylation is 1. The first-order valence-corrected chi connectivity index (χ1v) is 8.58. The lowest BCUT2D eigenvalue weighted by Crippen LogP contribution is -2.35. The number of carbonyl (C=O) groups excluding carboxylic acids is 3. The van der Waals surface area contributed by atoms with Gasteiger partial charge in [-0.2, -0.15) is 0 Å². The summed E-state index contributed by atoms with van der Waals surface area (Å²) < 4.78 is 39.5. The predicted molar refractivity (Wildman–Crippen MR) is 96.4 cm³/mol. The van der Waals surface area contributed by atoms with E-state index in [0.717, 1.165) is 11.6 Å². The second-order valence-electron chi connectivity index (χ2n) is 6.12. The molecule has 0 saturated carbocycles. The highest BCUT2D eigenvalue weighted by Crippen LogP contribution is 2.14. The van der Waals surface area contributed by atoms with Gasteiger partial charge in [0.2, 0.25) is 5.91 Å². The van der Waals surface area contributed by atoms with Crippen LogP contribution in [-0.4, -0.2) is 30.7 Å². The number of carbonyl (C=O) groups is 3. The molecule has 0 spiro atoms. The lowest BCUT2D eigenvalue weighted by molar-refractivity contribution is -0.121. The molecule has 0 aliphatic heterocycles. The molecule has 0 bridgehead atoms. The molecule has 0 heterocycles. The van der Waals surface area contributed by atoms with E-state index < -0.39 is 28.9 Å². The van der Waals surface area contributed by atoms with Crippen LogP contribution >= 0.6 is 0 Å². The molecule has 0 fully saturated rings. The predicted octanol–water partition coefficient (Wildman–Crippen LogP) is 2.92. The van der Waals surface area contributed by atoms with Crippen LogP contribution < -0.4 is 10.6 Å². The molecule has 8 heteroatoms. The number of halogens is 3. The van der Waals surface area contributed by atoms with Crippen molar-refractivity contribution in [3.8, 4) is 0 Å².